The van der Waals surface area contributed by atoms with Gasteiger partial charge in [0.05, 0.1) is 17.8 Å². The van der Waals surface area contributed by atoms with Crippen molar-refractivity contribution in [2.75, 3.05) is 6.54 Å². The SMILES string of the molecule is CC(C)(C)[C@@H](C(=O)N1C[C@H](O)C[C@H]1C=O)n1cc(C2CC2)nn1. The Bertz CT molecular complexity index is 603. The number of β-amino-alcohol motifs (C(OH)–C–C–N with tert-alkyl or cyclic N) is 1. The second-order valence-electron chi connectivity index (χ2n) is 7.75. The summed E-state index contributed by atoms with van der Waals surface area (Å²) in [5, 5.41) is 18.2. The van der Waals surface area contributed by atoms with E-state index in [9.17, 15) is 14.7 Å². The van der Waals surface area contributed by atoms with E-state index in [4.69, 9.17) is 0 Å². The third-order valence-electron chi connectivity index (χ3n) is 4.60. The van der Waals surface area contributed by atoms with Crippen molar-refractivity contribution in [2.45, 2.75) is 64.1 Å². The molecular weight excluding hydrogens is 296 g/mol. The number of aromatic nitrogens is 3. The van der Waals surface area contributed by atoms with Gasteiger partial charge in [-0.15, -0.1) is 5.10 Å². The molecule has 0 bridgehead atoms. The van der Waals surface area contributed by atoms with E-state index in [1.54, 1.807) is 4.68 Å². The van der Waals surface area contributed by atoms with Crippen LogP contribution < -0.4 is 0 Å². The fourth-order valence-corrected chi connectivity index (χ4v) is 3.25. The second-order valence-corrected chi connectivity index (χ2v) is 7.75. The standard InChI is InChI=1S/C16H24N4O3/c1-16(2,3)14(20-8-13(17-18-20)10-4-5-10)15(23)19-7-12(22)6-11(19)9-21/h8-12,14,22H,4-7H2,1-3H3/t11-,12+,14+/m0/s1. The first-order valence-corrected chi connectivity index (χ1v) is 8.17. The van der Waals surface area contributed by atoms with Crippen LogP contribution in [-0.4, -0.2) is 55.9 Å². The fourth-order valence-electron chi connectivity index (χ4n) is 3.25. The van der Waals surface area contributed by atoms with Crippen LogP contribution in [-0.2, 0) is 9.59 Å². The van der Waals surface area contributed by atoms with Crippen molar-refractivity contribution in [1.29, 1.82) is 0 Å². The maximum Gasteiger partial charge on any atom is 0.248 e. The molecular formula is C16H24N4O3. The van der Waals surface area contributed by atoms with Gasteiger partial charge in [-0.1, -0.05) is 26.0 Å². The van der Waals surface area contributed by atoms with Crippen molar-refractivity contribution < 1.29 is 14.7 Å². The summed E-state index contributed by atoms with van der Waals surface area (Å²) in [6.45, 7) is 6.10. The van der Waals surface area contributed by atoms with Crippen molar-refractivity contribution >= 4 is 12.2 Å². The molecule has 126 valence electrons. The molecule has 1 amide bonds. The smallest absolute Gasteiger partial charge is 0.248 e. The number of rotatable bonds is 4. The average molecular weight is 320 g/mol. The Morgan fingerprint density at radius 2 is 2.13 bits per heavy atom. The van der Waals surface area contributed by atoms with Crippen LogP contribution in [0.4, 0.5) is 0 Å². The predicted molar refractivity (Wildman–Crippen MR) is 82.7 cm³/mol. The summed E-state index contributed by atoms with van der Waals surface area (Å²) in [6.07, 6.45) is 4.50. The van der Waals surface area contributed by atoms with Crippen LogP contribution in [0.5, 0.6) is 0 Å². The average Bonchev–Trinajstić information content (AvgIpc) is 3.08. The Hall–Kier alpha value is -1.76. The first-order valence-electron chi connectivity index (χ1n) is 8.17. The van der Waals surface area contributed by atoms with E-state index in [0.29, 0.717) is 12.3 Å². The quantitative estimate of drug-likeness (QED) is 0.833. The van der Waals surface area contributed by atoms with E-state index < -0.39 is 18.2 Å². The van der Waals surface area contributed by atoms with Gasteiger partial charge >= 0.3 is 0 Å². The van der Waals surface area contributed by atoms with Gasteiger partial charge in [0.15, 0.2) is 0 Å². The Morgan fingerprint density at radius 3 is 2.70 bits per heavy atom. The minimum Gasteiger partial charge on any atom is -0.391 e. The number of aliphatic hydroxyl groups is 1. The molecule has 7 nitrogen and oxygen atoms in total. The molecule has 7 heteroatoms. The zero-order valence-corrected chi connectivity index (χ0v) is 13.8. The lowest BCUT2D eigenvalue weighted by atomic mass is 9.85. The molecule has 1 N–H and O–H groups in total. The fraction of sp³-hybridized carbons (Fsp3) is 0.750. The molecule has 2 fully saturated rings. The van der Waals surface area contributed by atoms with E-state index in [-0.39, 0.29) is 17.9 Å². The number of hydrogen-bond donors (Lipinski definition) is 1. The number of aliphatic hydroxyl groups excluding tert-OH is 1. The first kappa shape index (κ1) is 16.1. The minimum atomic E-state index is -0.646. The maximum absolute atomic E-state index is 13.1. The molecule has 1 saturated carbocycles. The highest BCUT2D eigenvalue weighted by Gasteiger charge is 2.43. The van der Waals surface area contributed by atoms with Crippen molar-refractivity contribution in [3.8, 4) is 0 Å². The van der Waals surface area contributed by atoms with Crippen LogP contribution in [0.1, 0.15) is 57.7 Å². The Labute approximate surface area is 135 Å². The monoisotopic (exact) mass is 320 g/mol. The Balaban J connectivity index is 1.89. The van der Waals surface area contributed by atoms with Gasteiger partial charge in [0.25, 0.3) is 0 Å². The molecule has 1 saturated heterocycles. The van der Waals surface area contributed by atoms with Crippen LogP contribution in [0.25, 0.3) is 0 Å². The van der Waals surface area contributed by atoms with E-state index >= 15 is 0 Å². The second kappa shape index (κ2) is 5.70. The van der Waals surface area contributed by atoms with Gasteiger partial charge < -0.3 is 14.8 Å². The van der Waals surface area contributed by atoms with Crippen LogP contribution in [0, 0.1) is 5.41 Å². The van der Waals surface area contributed by atoms with E-state index in [2.05, 4.69) is 10.3 Å². The van der Waals surface area contributed by atoms with Gasteiger partial charge in [0.2, 0.25) is 5.91 Å². The lowest BCUT2D eigenvalue weighted by Gasteiger charge is -2.33. The highest BCUT2D eigenvalue weighted by Crippen LogP contribution is 2.40. The van der Waals surface area contributed by atoms with Crippen molar-refractivity contribution in [3.63, 3.8) is 0 Å². The summed E-state index contributed by atoms with van der Waals surface area (Å²) in [7, 11) is 0. The maximum atomic E-state index is 13.1. The van der Waals surface area contributed by atoms with E-state index in [0.717, 1.165) is 24.8 Å². The topological polar surface area (TPSA) is 88.3 Å². The number of hydrogen-bond acceptors (Lipinski definition) is 5. The highest BCUT2D eigenvalue weighted by molar-refractivity contribution is 5.84. The Morgan fingerprint density at radius 1 is 1.43 bits per heavy atom. The summed E-state index contributed by atoms with van der Waals surface area (Å²) in [5.41, 5.74) is 0.549. The van der Waals surface area contributed by atoms with Gasteiger partial charge in [-0.25, -0.2) is 4.68 Å². The number of carbonyl (C=O) groups excluding carboxylic acids is 2. The molecule has 0 spiro atoms. The normalized spacial score (nSPS) is 26.3. The van der Waals surface area contributed by atoms with Crippen LogP contribution in [0.15, 0.2) is 6.20 Å². The summed E-state index contributed by atoms with van der Waals surface area (Å²) in [6, 6.07) is -1.11. The molecule has 1 aromatic rings. The van der Waals surface area contributed by atoms with Crippen molar-refractivity contribution in [3.05, 3.63) is 11.9 Å². The lowest BCUT2D eigenvalue weighted by molar-refractivity contribution is -0.141. The van der Waals surface area contributed by atoms with Gasteiger partial charge in [0.1, 0.15) is 12.3 Å². The molecule has 0 aromatic carbocycles. The number of amides is 1. The van der Waals surface area contributed by atoms with Crippen molar-refractivity contribution in [2.24, 2.45) is 5.41 Å². The third kappa shape index (κ3) is 3.15. The zero-order valence-electron chi connectivity index (χ0n) is 13.8. The molecule has 1 aliphatic carbocycles. The van der Waals surface area contributed by atoms with Gasteiger partial charge in [0, 0.05) is 25.1 Å². The minimum absolute atomic E-state index is 0.182. The third-order valence-corrected chi connectivity index (χ3v) is 4.60. The zero-order chi connectivity index (χ0) is 16.8. The molecule has 1 aromatic heterocycles. The Kier molecular flexibility index (Phi) is 4.00. The number of carbonyl (C=O) groups is 2. The van der Waals surface area contributed by atoms with Gasteiger partial charge in [-0.3, -0.25) is 4.79 Å². The van der Waals surface area contributed by atoms with E-state index in [1.807, 2.05) is 27.0 Å². The molecule has 23 heavy (non-hydrogen) atoms. The lowest BCUT2D eigenvalue weighted by Crippen LogP contribution is -2.45. The predicted octanol–water partition coefficient (Wildman–Crippen LogP) is 0.903. The summed E-state index contributed by atoms with van der Waals surface area (Å²) >= 11 is 0. The molecule has 0 radical (unpaired) electrons. The number of nitrogens with zero attached hydrogens (tertiary/aromatic N) is 4. The molecule has 2 aliphatic rings. The molecule has 3 atom stereocenters. The largest absolute Gasteiger partial charge is 0.391 e. The summed E-state index contributed by atoms with van der Waals surface area (Å²) in [4.78, 5) is 25.8. The molecule has 1 aliphatic heterocycles. The van der Waals surface area contributed by atoms with Crippen LogP contribution in [0.2, 0.25) is 0 Å². The first-order chi connectivity index (χ1) is 10.8. The van der Waals surface area contributed by atoms with Gasteiger partial charge in [-0.2, -0.15) is 0 Å². The molecule has 3 rings (SSSR count). The van der Waals surface area contributed by atoms with E-state index in [1.165, 1.54) is 4.90 Å². The summed E-state index contributed by atoms with van der Waals surface area (Å²) in [5.74, 6) is 0.286. The molecule has 2 heterocycles. The van der Waals surface area contributed by atoms with Crippen LogP contribution in [0.3, 0.4) is 0 Å². The molecule has 0 unspecified atom stereocenters. The number of likely N-dealkylation sites (tertiary alicyclic amines) is 1. The highest BCUT2D eigenvalue weighted by atomic mass is 16.3. The number of aldehydes is 1. The summed E-state index contributed by atoms with van der Waals surface area (Å²) < 4.78 is 1.63. The van der Waals surface area contributed by atoms with Gasteiger partial charge in [-0.05, 0) is 18.3 Å². The van der Waals surface area contributed by atoms with Crippen LogP contribution >= 0.6 is 0 Å². The van der Waals surface area contributed by atoms with Crippen molar-refractivity contribution in [1.82, 2.24) is 19.9 Å².